The number of hydrogen-bond acceptors (Lipinski definition) is 3. The number of nitrogens with one attached hydrogen (secondary N) is 1. The van der Waals surface area contributed by atoms with Crippen molar-refractivity contribution < 1.29 is 14.2 Å². The predicted octanol–water partition coefficient (Wildman–Crippen LogP) is 4.50. The summed E-state index contributed by atoms with van der Waals surface area (Å²) in [4.78, 5) is 0. The molecule has 0 radical (unpaired) electrons. The van der Waals surface area contributed by atoms with E-state index in [2.05, 4.69) is 5.32 Å². The maximum atomic E-state index is 14.5. The van der Waals surface area contributed by atoms with E-state index in [9.17, 15) is 9.50 Å². The first-order valence-electron chi connectivity index (χ1n) is 9.93. The van der Waals surface area contributed by atoms with E-state index in [-0.39, 0.29) is 11.7 Å². The van der Waals surface area contributed by atoms with Gasteiger partial charge >= 0.3 is 0 Å². The first kappa shape index (κ1) is 20.0. The van der Waals surface area contributed by atoms with Crippen LogP contribution in [0.5, 0.6) is 0 Å². The third kappa shape index (κ3) is 4.57. The number of benzene rings is 2. The lowest BCUT2D eigenvalue weighted by atomic mass is 9.72. The third-order valence-corrected chi connectivity index (χ3v) is 5.69. The van der Waals surface area contributed by atoms with Crippen molar-refractivity contribution in [3.63, 3.8) is 0 Å². The third-order valence-electron chi connectivity index (χ3n) is 5.69. The maximum absolute atomic E-state index is 14.5. The molecule has 1 saturated heterocycles. The summed E-state index contributed by atoms with van der Waals surface area (Å²) >= 11 is 0. The zero-order chi connectivity index (χ0) is 19.1. The number of piperidine rings is 1. The Kier molecular flexibility index (Phi) is 7.00. The molecule has 3 nitrogen and oxygen atoms in total. The van der Waals surface area contributed by atoms with E-state index < -0.39 is 5.60 Å². The van der Waals surface area contributed by atoms with E-state index in [1.165, 1.54) is 6.07 Å². The Labute approximate surface area is 161 Å². The number of rotatable bonds is 8. The Bertz CT molecular complexity index is 730. The van der Waals surface area contributed by atoms with E-state index in [0.29, 0.717) is 18.6 Å². The second-order valence-electron chi connectivity index (χ2n) is 7.44. The van der Waals surface area contributed by atoms with Crippen LogP contribution in [0.1, 0.15) is 37.7 Å². The lowest BCUT2D eigenvalue weighted by molar-refractivity contribution is -0.0429. The van der Waals surface area contributed by atoms with Crippen LogP contribution in [0.4, 0.5) is 4.39 Å². The van der Waals surface area contributed by atoms with Gasteiger partial charge in [0.1, 0.15) is 5.82 Å². The van der Waals surface area contributed by atoms with E-state index in [0.717, 1.165) is 49.9 Å². The van der Waals surface area contributed by atoms with Gasteiger partial charge in [0.05, 0.1) is 5.60 Å². The van der Waals surface area contributed by atoms with Crippen molar-refractivity contribution in [1.82, 2.24) is 5.32 Å². The molecule has 2 aromatic rings. The molecule has 0 spiro atoms. The molecule has 2 atom stereocenters. The van der Waals surface area contributed by atoms with Crippen molar-refractivity contribution >= 4 is 0 Å². The Hall–Kier alpha value is -1.75. The minimum atomic E-state index is -0.986. The van der Waals surface area contributed by atoms with Crippen molar-refractivity contribution in [2.45, 2.75) is 37.7 Å². The molecule has 4 heteroatoms. The minimum Gasteiger partial charge on any atom is -0.385 e. The SMILES string of the molecule is COCCCC[C@@](O)(c1ccccc1-c1ccccc1F)C1CCCNC1. The Morgan fingerprint density at radius 3 is 2.56 bits per heavy atom. The predicted molar refractivity (Wildman–Crippen MR) is 107 cm³/mol. The molecule has 1 aliphatic rings. The number of ether oxygens (including phenoxy) is 1. The van der Waals surface area contributed by atoms with Crippen LogP contribution in [-0.2, 0) is 10.3 Å². The van der Waals surface area contributed by atoms with Crippen LogP contribution in [0.25, 0.3) is 11.1 Å². The number of aliphatic hydroxyl groups is 1. The van der Waals surface area contributed by atoms with Gasteiger partial charge in [0.25, 0.3) is 0 Å². The average molecular weight is 371 g/mol. The molecular formula is C23H30FNO2. The summed E-state index contributed by atoms with van der Waals surface area (Å²) in [5.74, 6) is -0.143. The summed E-state index contributed by atoms with van der Waals surface area (Å²) < 4.78 is 19.7. The smallest absolute Gasteiger partial charge is 0.131 e. The molecule has 2 aromatic carbocycles. The van der Waals surface area contributed by atoms with E-state index in [1.807, 2.05) is 30.3 Å². The first-order chi connectivity index (χ1) is 13.2. The summed E-state index contributed by atoms with van der Waals surface area (Å²) in [6.45, 7) is 2.46. The highest BCUT2D eigenvalue weighted by atomic mass is 19.1. The topological polar surface area (TPSA) is 41.5 Å². The Morgan fingerprint density at radius 2 is 1.85 bits per heavy atom. The van der Waals surface area contributed by atoms with Gasteiger partial charge < -0.3 is 15.2 Å². The van der Waals surface area contributed by atoms with E-state index in [1.54, 1.807) is 19.2 Å². The van der Waals surface area contributed by atoms with Crippen molar-refractivity contribution in [2.75, 3.05) is 26.8 Å². The van der Waals surface area contributed by atoms with Crippen LogP contribution in [0.3, 0.4) is 0 Å². The standard InChI is InChI=1S/C23H30FNO2/c1-27-16-7-6-14-23(26,18-9-8-15-25-17-18)21-12-4-2-10-19(21)20-11-3-5-13-22(20)24/h2-5,10-13,18,25-26H,6-9,14-17H2,1H3/t18?,23-/m0/s1. The zero-order valence-corrected chi connectivity index (χ0v) is 16.1. The molecular weight excluding hydrogens is 341 g/mol. The van der Waals surface area contributed by atoms with Gasteiger partial charge in [0.15, 0.2) is 0 Å². The van der Waals surface area contributed by atoms with Crippen LogP contribution in [0.15, 0.2) is 48.5 Å². The molecule has 0 aliphatic carbocycles. The highest BCUT2D eigenvalue weighted by Gasteiger charge is 2.40. The fourth-order valence-corrected chi connectivity index (χ4v) is 4.23. The summed E-state index contributed by atoms with van der Waals surface area (Å²) in [5.41, 5.74) is 1.18. The van der Waals surface area contributed by atoms with E-state index in [4.69, 9.17) is 4.74 Å². The van der Waals surface area contributed by atoms with Crippen LogP contribution < -0.4 is 5.32 Å². The van der Waals surface area contributed by atoms with Crippen LogP contribution in [0.2, 0.25) is 0 Å². The molecule has 0 saturated carbocycles. The average Bonchev–Trinajstić information content (AvgIpc) is 2.72. The number of halogens is 1. The van der Waals surface area contributed by atoms with Crippen molar-refractivity contribution in [3.05, 3.63) is 59.9 Å². The molecule has 0 aromatic heterocycles. The van der Waals surface area contributed by atoms with Gasteiger partial charge in [-0.2, -0.15) is 0 Å². The Morgan fingerprint density at radius 1 is 1.11 bits per heavy atom. The molecule has 3 rings (SSSR count). The molecule has 2 N–H and O–H groups in total. The molecule has 27 heavy (non-hydrogen) atoms. The van der Waals surface area contributed by atoms with Gasteiger partial charge in [-0.05, 0) is 55.8 Å². The minimum absolute atomic E-state index is 0.113. The van der Waals surface area contributed by atoms with Crippen LogP contribution >= 0.6 is 0 Å². The Balaban J connectivity index is 2.00. The highest BCUT2D eigenvalue weighted by Crippen LogP contribution is 2.43. The summed E-state index contributed by atoms with van der Waals surface area (Å²) in [7, 11) is 1.70. The number of unbranched alkanes of at least 4 members (excludes halogenated alkanes) is 1. The molecule has 1 heterocycles. The second kappa shape index (κ2) is 9.45. The first-order valence-corrected chi connectivity index (χ1v) is 9.93. The molecule has 146 valence electrons. The van der Waals surface area contributed by atoms with Crippen molar-refractivity contribution in [2.24, 2.45) is 5.92 Å². The fourth-order valence-electron chi connectivity index (χ4n) is 4.23. The molecule has 1 fully saturated rings. The van der Waals surface area contributed by atoms with Crippen LogP contribution in [-0.4, -0.2) is 31.9 Å². The summed E-state index contributed by atoms with van der Waals surface area (Å²) in [5, 5.41) is 15.4. The highest BCUT2D eigenvalue weighted by molar-refractivity contribution is 5.69. The van der Waals surface area contributed by atoms with E-state index >= 15 is 0 Å². The summed E-state index contributed by atoms with van der Waals surface area (Å²) in [6, 6.07) is 14.5. The molecule has 1 unspecified atom stereocenters. The number of methoxy groups -OCH3 is 1. The maximum Gasteiger partial charge on any atom is 0.131 e. The zero-order valence-electron chi connectivity index (χ0n) is 16.1. The monoisotopic (exact) mass is 371 g/mol. The largest absolute Gasteiger partial charge is 0.385 e. The van der Waals surface area contributed by atoms with Gasteiger partial charge in [-0.3, -0.25) is 0 Å². The van der Waals surface area contributed by atoms with Gasteiger partial charge in [-0.25, -0.2) is 4.39 Å². The van der Waals surface area contributed by atoms with Crippen LogP contribution in [0, 0.1) is 11.7 Å². The normalized spacial score (nSPS) is 19.6. The lowest BCUT2D eigenvalue weighted by Crippen LogP contribution is -2.44. The van der Waals surface area contributed by atoms with Crippen molar-refractivity contribution in [3.8, 4) is 11.1 Å². The molecule has 0 amide bonds. The molecule has 0 bridgehead atoms. The van der Waals surface area contributed by atoms with Gasteiger partial charge in [0.2, 0.25) is 0 Å². The molecule has 1 aliphatic heterocycles. The van der Waals surface area contributed by atoms with Gasteiger partial charge in [-0.15, -0.1) is 0 Å². The summed E-state index contributed by atoms with van der Waals surface area (Å²) in [6.07, 6.45) is 4.44. The van der Waals surface area contributed by atoms with Gasteiger partial charge in [0, 0.05) is 31.7 Å². The fraction of sp³-hybridized carbons (Fsp3) is 0.478. The van der Waals surface area contributed by atoms with Crippen molar-refractivity contribution in [1.29, 1.82) is 0 Å². The quantitative estimate of drug-likeness (QED) is 0.672. The number of hydrogen-bond donors (Lipinski definition) is 2. The lowest BCUT2D eigenvalue weighted by Gasteiger charge is -2.40. The van der Waals surface area contributed by atoms with Gasteiger partial charge in [-0.1, -0.05) is 42.5 Å². The second-order valence-corrected chi connectivity index (χ2v) is 7.44.